The highest BCUT2D eigenvalue weighted by Gasteiger charge is 2.30. The van der Waals surface area contributed by atoms with Gasteiger partial charge in [0.05, 0.1) is 17.0 Å². The van der Waals surface area contributed by atoms with Crippen LogP contribution in [0.2, 0.25) is 0 Å². The summed E-state index contributed by atoms with van der Waals surface area (Å²) in [5.74, 6) is 0.322. The van der Waals surface area contributed by atoms with Crippen LogP contribution in [0.5, 0.6) is 0 Å². The van der Waals surface area contributed by atoms with Crippen LogP contribution in [-0.2, 0) is 16.4 Å². The Morgan fingerprint density at radius 2 is 1.65 bits per heavy atom. The van der Waals surface area contributed by atoms with Gasteiger partial charge in [-0.3, -0.25) is 0 Å². The minimum Gasteiger partial charge on any atom is -0.465 e. The summed E-state index contributed by atoms with van der Waals surface area (Å²) in [7, 11) is -3.84. The van der Waals surface area contributed by atoms with E-state index in [1.54, 1.807) is 18.2 Å². The largest absolute Gasteiger partial charge is 0.465 e. The number of sulfonamides is 1. The van der Waals surface area contributed by atoms with Crippen LogP contribution in [-0.4, -0.2) is 54.3 Å². The lowest BCUT2D eigenvalue weighted by Crippen LogP contribution is -2.50. The molecule has 0 aromatic heterocycles. The topological polar surface area (TPSA) is 107 Å². The average Bonchev–Trinajstić information content (AvgIpc) is 2.76. The maximum absolute atomic E-state index is 13.2. The molecule has 0 heterocycles. The zero-order valence-electron chi connectivity index (χ0n) is 18.0. The third-order valence-electron chi connectivity index (χ3n) is 5.41. The molecule has 0 saturated heterocycles. The fourth-order valence-electron chi connectivity index (χ4n) is 3.27. The van der Waals surface area contributed by atoms with Crippen molar-refractivity contribution >= 4 is 16.1 Å². The molecule has 0 fully saturated rings. The number of aliphatic hydroxyl groups excluding tert-OH is 1. The normalized spacial score (nSPS) is 14.7. The smallest absolute Gasteiger partial charge is 0.404 e. The van der Waals surface area contributed by atoms with Crippen LogP contribution in [0.15, 0.2) is 65.6 Å². The predicted octanol–water partition coefficient (Wildman–Crippen LogP) is 3.35. The number of benzene rings is 2. The number of carboxylic acid groups (broad SMARTS) is 1. The summed E-state index contributed by atoms with van der Waals surface area (Å²) in [5, 5.41) is 22.5. The zero-order valence-corrected chi connectivity index (χ0v) is 18.8. The van der Waals surface area contributed by atoms with Gasteiger partial charge in [-0.2, -0.15) is 4.31 Å². The molecule has 7 nitrogen and oxygen atoms in total. The maximum atomic E-state index is 13.2. The Hall–Kier alpha value is -2.42. The first kappa shape index (κ1) is 24.8. The third-order valence-corrected chi connectivity index (χ3v) is 7.29. The van der Waals surface area contributed by atoms with Crippen LogP contribution >= 0.6 is 0 Å². The van der Waals surface area contributed by atoms with E-state index in [0.717, 1.165) is 12.0 Å². The Bertz CT molecular complexity index is 906. The van der Waals surface area contributed by atoms with E-state index >= 15 is 0 Å². The minimum absolute atomic E-state index is 0.150. The van der Waals surface area contributed by atoms with Gasteiger partial charge in [0.2, 0.25) is 10.0 Å². The van der Waals surface area contributed by atoms with Crippen molar-refractivity contribution in [1.82, 2.24) is 9.62 Å². The Balaban J connectivity index is 2.25. The van der Waals surface area contributed by atoms with E-state index in [0.29, 0.717) is 12.3 Å². The van der Waals surface area contributed by atoms with Crippen LogP contribution in [0.25, 0.3) is 0 Å². The number of hydrogen-bond acceptors (Lipinski definition) is 4. The SMILES string of the molecule is CCC(C)CCN(C[C@@H](O)[C@H](Cc1ccccc1)NC(=O)O)S(=O)(=O)c1ccccc1. The van der Waals surface area contributed by atoms with E-state index in [-0.39, 0.29) is 24.4 Å². The molecule has 0 spiro atoms. The van der Waals surface area contributed by atoms with Crippen molar-refractivity contribution in [1.29, 1.82) is 0 Å². The van der Waals surface area contributed by atoms with Gasteiger partial charge in [-0.15, -0.1) is 0 Å². The van der Waals surface area contributed by atoms with Gasteiger partial charge in [0.25, 0.3) is 0 Å². The number of nitrogens with zero attached hydrogens (tertiary/aromatic N) is 1. The van der Waals surface area contributed by atoms with Gasteiger partial charge in [0.1, 0.15) is 0 Å². The molecule has 2 aromatic rings. The average molecular weight is 449 g/mol. The van der Waals surface area contributed by atoms with E-state index in [1.165, 1.54) is 16.4 Å². The van der Waals surface area contributed by atoms with Crippen molar-refractivity contribution in [3.8, 4) is 0 Å². The van der Waals surface area contributed by atoms with Gasteiger partial charge in [-0.25, -0.2) is 13.2 Å². The van der Waals surface area contributed by atoms with Crippen LogP contribution in [0.1, 0.15) is 32.3 Å². The first-order chi connectivity index (χ1) is 14.7. The molecular formula is C23H32N2O5S. The third kappa shape index (κ3) is 7.65. The second-order valence-electron chi connectivity index (χ2n) is 7.79. The molecule has 3 atom stereocenters. The Morgan fingerprint density at radius 1 is 1.06 bits per heavy atom. The fourth-order valence-corrected chi connectivity index (χ4v) is 4.76. The molecule has 8 heteroatoms. The lowest BCUT2D eigenvalue weighted by molar-refractivity contribution is 0.0992. The maximum Gasteiger partial charge on any atom is 0.404 e. The summed E-state index contributed by atoms with van der Waals surface area (Å²) in [6.45, 7) is 4.13. The van der Waals surface area contributed by atoms with Crippen LogP contribution in [0.4, 0.5) is 4.79 Å². The van der Waals surface area contributed by atoms with Crippen LogP contribution < -0.4 is 5.32 Å². The van der Waals surface area contributed by atoms with Crippen molar-refractivity contribution in [2.45, 2.75) is 50.2 Å². The molecule has 0 radical (unpaired) electrons. The molecule has 2 aromatic carbocycles. The fraction of sp³-hybridized carbons (Fsp3) is 0.435. The van der Waals surface area contributed by atoms with Gasteiger partial charge >= 0.3 is 6.09 Å². The van der Waals surface area contributed by atoms with E-state index < -0.39 is 28.3 Å². The van der Waals surface area contributed by atoms with Gasteiger partial charge < -0.3 is 15.5 Å². The monoisotopic (exact) mass is 448 g/mol. The molecule has 0 bridgehead atoms. The number of rotatable bonds is 12. The number of nitrogens with one attached hydrogen (secondary N) is 1. The highest BCUT2D eigenvalue weighted by atomic mass is 32.2. The summed E-state index contributed by atoms with van der Waals surface area (Å²) in [6, 6.07) is 16.4. The summed E-state index contributed by atoms with van der Waals surface area (Å²) >= 11 is 0. The number of carbonyl (C=O) groups is 1. The molecule has 31 heavy (non-hydrogen) atoms. The minimum atomic E-state index is -3.84. The van der Waals surface area contributed by atoms with Crippen molar-refractivity contribution < 1.29 is 23.4 Å². The van der Waals surface area contributed by atoms with E-state index in [4.69, 9.17) is 0 Å². The summed E-state index contributed by atoms with van der Waals surface area (Å²) < 4.78 is 27.8. The lowest BCUT2D eigenvalue weighted by atomic mass is 10.0. The van der Waals surface area contributed by atoms with Crippen LogP contribution in [0, 0.1) is 5.92 Å². The van der Waals surface area contributed by atoms with Crippen LogP contribution in [0.3, 0.4) is 0 Å². The van der Waals surface area contributed by atoms with Gasteiger partial charge in [-0.1, -0.05) is 68.8 Å². The molecule has 0 aliphatic rings. The molecule has 170 valence electrons. The van der Waals surface area contributed by atoms with Gasteiger partial charge in [0.15, 0.2) is 0 Å². The molecule has 3 N–H and O–H groups in total. The standard InChI is InChI=1S/C23H32N2O5S/c1-3-18(2)14-15-25(31(29,30)20-12-8-5-9-13-20)17-22(26)21(24-23(27)28)16-19-10-6-4-7-11-19/h4-13,18,21-22,24,26H,3,14-17H2,1-2H3,(H,27,28)/t18?,21-,22+/m0/s1. The molecule has 0 aliphatic carbocycles. The predicted molar refractivity (Wildman–Crippen MR) is 120 cm³/mol. The van der Waals surface area contributed by atoms with Crippen molar-refractivity contribution in [2.75, 3.05) is 13.1 Å². The second-order valence-corrected chi connectivity index (χ2v) is 9.73. The summed E-state index contributed by atoms with van der Waals surface area (Å²) in [4.78, 5) is 11.5. The molecular weight excluding hydrogens is 416 g/mol. The second kappa shape index (κ2) is 11.8. The van der Waals surface area contributed by atoms with Gasteiger partial charge in [0, 0.05) is 13.1 Å². The van der Waals surface area contributed by atoms with Crippen molar-refractivity contribution in [2.24, 2.45) is 5.92 Å². The molecule has 0 saturated carbocycles. The molecule has 2 rings (SSSR count). The zero-order chi connectivity index (χ0) is 22.9. The van der Waals surface area contributed by atoms with Crippen molar-refractivity contribution in [3.05, 3.63) is 66.2 Å². The Morgan fingerprint density at radius 3 is 2.19 bits per heavy atom. The highest BCUT2D eigenvalue weighted by molar-refractivity contribution is 7.89. The highest BCUT2D eigenvalue weighted by Crippen LogP contribution is 2.19. The van der Waals surface area contributed by atoms with E-state index in [2.05, 4.69) is 5.32 Å². The molecule has 1 unspecified atom stereocenters. The number of amides is 1. The number of hydrogen-bond donors (Lipinski definition) is 3. The lowest BCUT2D eigenvalue weighted by Gasteiger charge is -2.30. The quantitative estimate of drug-likeness (QED) is 0.462. The summed E-state index contributed by atoms with van der Waals surface area (Å²) in [5.41, 5.74) is 0.845. The molecule has 0 aliphatic heterocycles. The Kier molecular flexibility index (Phi) is 9.48. The first-order valence-corrected chi connectivity index (χ1v) is 11.9. The number of aliphatic hydroxyl groups is 1. The first-order valence-electron chi connectivity index (χ1n) is 10.5. The summed E-state index contributed by atoms with van der Waals surface area (Å²) in [6.07, 6.45) is -0.674. The Labute approximate surface area is 184 Å². The van der Waals surface area contributed by atoms with Crippen molar-refractivity contribution in [3.63, 3.8) is 0 Å². The van der Waals surface area contributed by atoms with E-state index in [1.807, 2.05) is 44.2 Å². The molecule has 1 amide bonds. The van der Waals surface area contributed by atoms with Gasteiger partial charge in [-0.05, 0) is 36.5 Å². The van der Waals surface area contributed by atoms with E-state index in [9.17, 15) is 23.4 Å².